The molecule has 0 amide bonds. The summed E-state index contributed by atoms with van der Waals surface area (Å²) in [6.45, 7) is 6.69. The molecule has 142 valence electrons. The topological polar surface area (TPSA) is 97.1 Å². The molecule has 3 aromatic rings. The third-order valence-electron chi connectivity index (χ3n) is 3.96. The number of nitrogens with zero attached hydrogens (tertiary/aromatic N) is 2. The minimum atomic E-state index is -3.72. The molecule has 1 aromatic carbocycles. The van der Waals surface area contributed by atoms with Gasteiger partial charge in [0.05, 0.1) is 17.7 Å². The predicted octanol–water partition coefficient (Wildman–Crippen LogP) is 3.78. The molecule has 2 aromatic heterocycles. The summed E-state index contributed by atoms with van der Waals surface area (Å²) in [4.78, 5) is 0.178. The fourth-order valence-electron chi connectivity index (χ4n) is 2.40. The minimum absolute atomic E-state index is 0.0420. The van der Waals surface area contributed by atoms with Crippen LogP contribution in [0.15, 0.2) is 64.1 Å². The lowest BCUT2D eigenvalue weighted by Gasteiger charge is -2.19. The Balaban J connectivity index is 1.66. The maximum Gasteiger partial charge on any atom is 0.263 e. The van der Waals surface area contributed by atoms with Crippen molar-refractivity contribution < 1.29 is 12.8 Å². The van der Waals surface area contributed by atoms with Gasteiger partial charge in [0, 0.05) is 0 Å². The molecule has 8 heteroatoms. The molecule has 7 nitrogen and oxygen atoms in total. The number of aromatic nitrogens is 2. The summed E-state index contributed by atoms with van der Waals surface area (Å²) in [5.74, 6) is 1.43. The molecule has 2 heterocycles. The lowest BCUT2D eigenvalue weighted by Crippen LogP contribution is -2.16. The van der Waals surface area contributed by atoms with Crippen molar-refractivity contribution in [2.75, 3.05) is 10.0 Å². The average molecular weight is 386 g/mol. The first kappa shape index (κ1) is 18.9. The molecule has 0 bridgehead atoms. The summed E-state index contributed by atoms with van der Waals surface area (Å²) in [6.07, 6.45) is 1.59. The van der Waals surface area contributed by atoms with Crippen LogP contribution in [0.25, 0.3) is 0 Å². The second kappa shape index (κ2) is 7.40. The van der Waals surface area contributed by atoms with Gasteiger partial charge in [0.25, 0.3) is 10.0 Å². The van der Waals surface area contributed by atoms with Crippen LogP contribution in [0.4, 0.5) is 11.6 Å². The van der Waals surface area contributed by atoms with E-state index in [1.807, 2.05) is 18.2 Å². The van der Waals surface area contributed by atoms with Crippen LogP contribution in [-0.4, -0.2) is 18.6 Å². The van der Waals surface area contributed by atoms with Crippen molar-refractivity contribution in [1.29, 1.82) is 0 Å². The van der Waals surface area contributed by atoms with Crippen LogP contribution in [-0.2, 0) is 22.0 Å². The van der Waals surface area contributed by atoms with Crippen molar-refractivity contribution in [3.05, 3.63) is 66.1 Å². The first-order valence-corrected chi connectivity index (χ1v) is 9.96. The SMILES string of the molecule is CC(C)(C)c1ccc(S(=O)(=O)Nc2ccc(NCc3ccco3)nn2)cc1. The minimum Gasteiger partial charge on any atom is -0.467 e. The number of furan rings is 1. The number of hydrogen-bond acceptors (Lipinski definition) is 6. The van der Waals surface area contributed by atoms with E-state index in [0.717, 1.165) is 11.3 Å². The Morgan fingerprint density at radius 2 is 1.63 bits per heavy atom. The standard InChI is InChI=1S/C19H22N4O3S/c1-19(2,3)14-6-8-16(9-7-14)27(24,25)23-18-11-10-17(21-22-18)20-13-15-5-4-12-26-15/h4-12H,13H2,1-3H3,(H,20,21)(H,22,23). The summed E-state index contributed by atoms with van der Waals surface area (Å²) in [5.41, 5.74) is 1.02. The maximum absolute atomic E-state index is 12.5. The van der Waals surface area contributed by atoms with Crippen LogP contribution < -0.4 is 10.0 Å². The molecule has 0 aliphatic rings. The van der Waals surface area contributed by atoms with Crippen molar-refractivity contribution in [1.82, 2.24) is 10.2 Å². The van der Waals surface area contributed by atoms with Gasteiger partial charge in [0.15, 0.2) is 5.82 Å². The molecule has 0 aliphatic heterocycles. The van der Waals surface area contributed by atoms with Crippen molar-refractivity contribution in [2.45, 2.75) is 37.6 Å². The van der Waals surface area contributed by atoms with Crippen LogP contribution in [0.2, 0.25) is 0 Å². The first-order chi connectivity index (χ1) is 12.7. The predicted molar refractivity (Wildman–Crippen MR) is 104 cm³/mol. The fraction of sp³-hybridized carbons (Fsp3) is 0.263. The third kappa shape index (κ3) is 4.85. The van der Waals surface area contributed by atoms with Gasteiger partial charge in [0.1, 0.15) is 11.6 Å². The lowest BCUT2D eigenvalue weighted by molar-refractivity contribution is 0.517. The molecule has 27 heavy (non-hydrogen) atoms. The Morgan fingerprint density at radius 1 is 0.963 bits per heavy atom. The molecule has 0 saturated carbocycles. The quantitative estimate of drug-likeness (QED) is 0.669. The van der Waals surface area contributed by atoms with E-state index in [-0.39, 0.29) is 16.1 Å². The molecule has 0 fully saturated rings. The molecule has 0 spiro atoms. The van der Waals surface area contributed by atoms with Gasteiger partial charge in [-0.15, -0.1) is 10.2 Å². The molecule has 0 unspecified atom stereocenters. The molecule has 0 saturated heterocycles. The van der Waals surface area contributed by atoms with Gasteiger partial charge in [-0.25, -0.2) is 8.42 Å². The lowest BCUT2D eigenvalue weighted by atomic mass is 9.87. The highest BCUT2D eigenvalue weighted by Crippen LogP contribution is 2.24. The summed E-state index contributed by atoms with van der Waals surface area (Å²) in [5, 5.41) is 10.9. The van der Waals surface area contributed by atoms with Gasteiger partial charge in [-0.2, -0.15) is 0 Å². The van der Waals surface area contributed by atoms with Gasteiger partial charge in [-0.3, -0.25) is 4.72 Å². The van der Waals surface area contributed by atoms with E-state index < -0.39 is 10.0 Å². The average Bonchev–Trinajstić information content (AvgIpc) is 3.14. The number of rotatable bonds is 6. The molecule has 0 aliphatic carbocycles. The smallest absolute Gasteiger partial charge is 0.263 e. The largest absolute Gasteiger partial charge is 0.467 e. The van der Waals surface area contributed by atoms with Crippen LogP contribution in [0.5, 0.6) is 0 Å². The Morgan fingerprint density at radius 3 is 2.19 bits per heavy atom. The molecule has 0 atom stereocenters. The number of nitrogens with one attached hydrogen (secondary N) is 2. The normalized spacial score (nSPS) is 12.0. The van der Waals surface area contributed by atoms with Gasteiger partial charge in [-0.1, -0.05) is 32.9 Å². The van der Waals surface area contributed by atoms with Crippen molar-refractivity contribution in [3.63, 3.8) is 0 Å². The highest BCUT2D eigenvalue weighted by Gasteiger charge is 2.18. The zero-order chi connectivity index (χ0) is 19.5. The molecule has 0 radical (unpaired) electrons. The molecule has 3 rings (SSSR count). The highest BCUT2D eigenvalue weighted by molar-refractivity contribution is 7.92. The molecule has 2 N–H and O–H groups in total. The monoisotopic (exact) mass is 386 g/mol. The van der Waals surface area contributed by atoms with Gasteiger partial charge in [-0.05, 0) is 47.4 Å². The van der Waals surface area contributed by atoms with E-state index in [1.54, 1.807) is 36.6 Å². The zero-order valence-electron chi connectivity index (χ0n) is 15.4. The van der Waals surface area contributed by atoms with Gasteiger partial charge in [0.2, 0.25) is 0 Å². The summed E-state index contributed by atoms with van der Waals surface area (Å²) in [7, 11) is -3.72. The Labute approximate surface area is 158 Å². The second-order valence-corrected chi connectivity index (χ2v) is 8.80. The van der Waals surface area contributed by atoms with E-state index >= 15 is 0 Å². The number of benzene rings is 1. The molecular weight excluding hydrogens is 364 g/mol. The summed E-state index contributed by atoms with van der Waals surface area (Å²) >= 11 is 0. The van der Waals surface area contributed by atoms with E-state index in [2.05, 4.69) is 41.0 Å². The van der Waals surface area contributed by atoms with Crippen LogP contribution >= 0.6 is 0 Å². The maximum atomic E-state index is 12.5. The Kier molecular flexibility index (Phi) is 5.18. The number of sulfonamides is 1. The second-order valence-electron chi connectivity index (χ2n) is 7.12. The van der Waals surface area contributed by atoms with Crippen LogP contribution in [0.1, 0.15) is 32.1 Å². The number of anilines is 2. The summed E-state index contributed by atoms with van der Waals surface area (Å²) < 4.78 is 32.7. The Bertz CT molecular complexity index is 975. The fourth-order valence-corrected chi connectivity index (χ4v) is 3.40. The number of hydrogen-bond donors (Lipinski definition) is 2. The van der Waals surface area contributed by atoms with Crippen molar-refractivity contribution in [3.8, 4) is 0 Å². The molecular formula is C19H22N4O3S. The van der Waals surface area contributed by atoms with Crippen molar-refractivity contribution >= 4 is 21.7 Å². The van der Waals surface area contributed by atoms with Crippen LogP contribution in [0.3, 0.4) is 0 Å². The van der Waals surface area contributed by atoms with E-state index in [1.165, 1.54) is 0 Å². The van der Waals surface area contributed by atoms with E-state index in [4.69, 9.17) is 4.42 Å². The van der Waals surface area contributed by atoms with Crippen LogP contribution in [0, 0.1) is 0 Å². The summed E-state index contributed by atoms with van der Waals surface area (Å²) in [6, 6.07) is 13.7. The van der Waals surface area contributed by atoms with Crippen molar-refractivity contribution in [2.24, 2.45) is 0 Å². The first-order valence-electron chi connectivity index (χ1n) is 8.47. The zero-order valence-corrected chi connectivity index (χ0v) is 16.2. The highest BCUT2D eigenvalue weighted by atomic mass is 32.2. The van der Waals surface area contributed by atoms with Gasteiger partial charge < -0.3 is 9.73 Å². The Hall–Kier alpha value is -2.87. The van der Waals surface area contributed by atoms with E-state index in [0.29, 0.717) is 12.4 Å². The third-order valence-corrected chi connectivity index (χ3v) is 5.33. The van der Waals surface area contributed by atoms with Gasteiger partial charge >= 0.3 is 0 Å². The van der Waals surface area contributed by atoms with E-state index in [9.17, 15) is 8.42 Å².